The molecular formula is C27H28N2O4S. The second kappa shape index (κ2) is 10.2. The van der Waals surface area contributed by atoms with E-state index in [1.165, 1.54) is 5.56 Å². The van der Waals surface area contributed by atoms with Gasteiger partial charge >= 0.3 is 0 Å². The van der Waals surface area contributed by atoms with E-state index in [2.05, 4.69) is 31.3 Å². The van der Waals surface area contributed by atoms with Crippen molar-refractivity contribution in [2.45, 2.75) is 25.1 Å². The third-order valence-electron chi connectivity index (χ3n) is 5.77. The van der Waals surface area contributed by atoms with Crippen LogP contribution in [-0.2, 0) is 4.79 Å². The summed E-state index contributed by atoms with van der Waals surface area (Å²) in [7, 11) is 3.09. The number of anilines is 2. The van der Waals surface area contributed by atoms with Gasteiger partial charge < -0.3 is 14.8 Å². The van der Waals surface area contributed by atoms with Gasteiger partial charge in [-0.05, 0) is 53.4 Å². The number of benzene rings is 3. The van der Waals surface area contributed by atoms with Gasteiger partial charge in [-0.25, -0.2) is 0 Å². The Balaban J connectivity index is 1.50. The van der Waals surface area contributed by atoms with Crippen LogP contribution in [0.2, 0.25) is 0 Å². The maximum Gasteiger partial charge on any atom is 0.255 e. The van der Waals surface area contributed by atoms with Gasteiger partial charge in [0, 0.05) is 23.0 Å². The molecular weight excluding hydrogens is 448 g/mol. The number of carbonyl (C=O) groups is 2. The molecule has 34 heavy (non-hydrogen) atoms. The van der Waals surface area contributed by atoms with Crippen molar-refractivity contribution in [3.8, 4) is 11.5 Å². The number of ether oxygens (including phenoxy) is 2. The van der Waals surface area contributed by atoms with Gasteiger partial charge in [0.25, 0.3) is 5.91 Å². The number of carbonyl (C=O) groups excluding carboxylic acids is 2. The monoisotopic (exact) mass is 476 g/mol. The van der Waals surface area contributed by atoms with Gasteiger partial charge in [-0.2, -0.15) is 0 Å². The molecule has 0 aliphatic carbocycles. The first-order valence-corrected chi connectivity index (χ1v) is 12.1. The summed E-state index contributed by atoms with van der Waals surface area (Å²) in [6, 6.07) is 20.9. The van der Waals surface area contributed by atoms with Gasteiger partial charge in [-0.1, -0.05) is 38.1 Å². The van der Waals surface area contributed by atoms with E-state index in [4.69, 9.17) is 9.47 Å². The smallest absolute Gasteiger partial charge is 0.255 e. The van der Waals surface area contributed by atoms with Gasteiger partial charge in [0.2, 0.25) is 5.91 Å². The molecule has 0 saturated carbocycles. The predicted molar refractivity (Wildman–Crippen MR) is 137 cm³/mol. The van der Waals surface area contributed by atoms with Gasteiger partial charge in [-0.3, -0.25) is 14.5 Å². The largest absolute Gasteiger partial charge is 0.497 e. The van der Waals surface area contributed by atoms with Crippen molar-refractivity contribution in [1.82, 2.24) is 0 Å². The standard InChI is InChI=1S/C27H28N2O4S/c1-17(2)18-7-11-22(12-8-18)29-25(30)16-34-27(29)19-5-9-21(10-6-19)28-26(31)20-13-23(32-3)15-24(14-20)33-4/h5-15,17,27H,16H2,1-4H3,(H,28,31). The molecule has 4 rings (SSSR count). The van der Waals surface area contributed by atoms with Crippen molar-refractivity contribution in [2.75, 3.05) is 30.2 Å². The molecule has 1 unspecified atom stereocenters. The van der Waals surface area contributed by atoms with E-state index < -0.39 is 0 Å². The lowest BCUT2D eigenvalue weighted by Crippen LogP contribution is -2.27. The molecule has 176 valence electrons. The average Bonchev–Trinajstić information content (AvgIpc) is 3.25. The Kier molecular flexibility index (Phi) is 7.12. The van der Waals surface area contributed by atoms with Gasteiger partial charge in [-0.15, -0.1) is 11.8 Å². The van der Waals surface area contributed by atoms with Crippen molar-refractivity contribution < 1.29 is 19.1 Å². The normalized spacial score (nSPS) is 15.5. The summed E-state index contributed by atoms with van der Waals surface area (Å²) in [5.41, 5.74) is 4.25. The zero-order valence-electron chi connectivity index (χ0n) is 19.7. The highest BCUT2D eigenvalue weighted by Crippen LogP contribution is 2.42. The van der Waals surface area contributed by atoms with Crippen molar-refractivity contribution >= 4 is 35.0 Å². The van der Waals surface area contributed by atoms with Gasteiger partial charge in [0.05, 0.1) is 20.0 Å². The molecule has 1 saturated heterocycles. The lowest BCUT2D eigenvalue weighted by atomic mass is 10.0. The van der Waals surface area contributed by atoms with E-state index in [0.717, 1.165) is 11.3 Å². The van der Waals surface area contributed by atoms with Crippen LogP contribution in [0.1, 0.15) is 46.6 Å². The van der Waals surface area contributed by atoms with E-state index in [1.807, 2.05) is 41.3 Å². The fraction of sp³-hybridized carbons (Fsp3) is 0.259. The summed E-state index contributed by atoms with van der Waals surface area (Å²) < 4.78 is 10.5. The Morgan fingerprint density at radius 2 is 1.59 bits per heavy atom. The molecule has 1 aliphatic rings. The molecule has 1 N–H and O–H groups in total. The van der Waals surface area contributed by atoms with E-state index in [-0.39, 0.29) is 17.2 Å². The number of hydrogen-bond acceptors (Lipinski definition) is 5. The molecule has 1 heterocycles. The molecule has 0 spiro atoms. The molecule has 0 radical (unpaired) electrons. The molecule has 3 aromatic carbocycles. The zero-order valence-corrected chi connectivity index (χ0v) is 20.5. The maximum absolute atomic E-state index is 12.8. The first-order valence-electron chi connectivity index (χ1n) is 11.1. The number of nitrogens with one attached hydrogen (secondary N) is 1. The second-order valence-corrected chi connectivity index (χ2v) is 9.42. The number of rotatable bonds is 7. The molecule has 2 amide bonds. The van der Waals surface area contributed by atoms with Crippen LogP contribution in [0, 0.1) is 0 Å². The third-order valence-corrected chi connectivity index (χ3v) is 6.99. The Morgan fingerprint density at radius 3 is 2.15 bits per heavy atom. The van der Waals surface area contributed by atoms with Gasteiger partial charge in [0.1, 0.15) is 16.9 Å². The number of nitrogens with zero attached hydrogens (tertiary/aromatic N) is 1. The molecule has 1 aliphatic heterocycles. The summed E-state index contributed by atoms with van der Waals surface area (Å²) in [5, 5.41) is 2.80. The van der Waals surface area contributed by atoms with E-state index >= 15 is 0 Å². The summed E-state index contributed by atoms with van der Waals surface area (Å²) in [4.78, 5) is 27.3. The minimum atomic E-state index is -0.262. The van der Waals surface area contributed by atoms with Crippen LogP contribution >= 0.6 is 11.8 Å². The van der Waals surface area contributed by atoms with Crippen molar-refractivity contribution in [1.29, 1.82) is 0 Å². The number of thioether (sulfide) groups is 1. The van der Waals surface area contributed by atoms with Crippen LogP contribution in [0.5, 0.6) is 11.5 Å². The van der Waals surface area contributed by atoms with Crippen molar-refractivity contribution in [2.24, 2.45) is 0 Å². The Hall–Kier alpha value is -3.45. The summed E-state index contributed by atoms with van der Waals surface area (Å²) in [6.07, 6.45) is 0. The molecule has 6 nitrogen and oxygen atoms in total. The highest BCUT2D eigenvalue weighted by molar-refractivity contribution is 8.00. The topological polar surface area (TPSA) is 67.9 Å². The highest BCUT2D eigenvalue weighted by atomic mass is 32.2. The van der Waals surface area contributed by atoms with Crippen LogP contribution in [0.15, 0.2) is 66.7 Å². The summed E-state index contributed by atoms with van der Waals surface area (Å²) in [5.74, 6) is 1.80. The van der Waals surface area contributed by atoms with E-state index in [1.54, 1.807) is 44.2 Å². The van der Waals surface area contributed by atoms with E-state index in [0.29, 0.717) is 34.4 Å². The van der Waals surface area contributed by atoms with Crippen LogP contribution in [0.4, 0.5) is 11.4 Å². The first-order chi connectivity index (χ1) is 16.4. The number of amides is 2. The molecule has 7 heteroatoms. The lowest BCUT2D eigenvalue weighted by molar-refractivity contribution is -0.115. The quantitative estimate of drug-likeness (QED) is 0.463. The highest BCUT2D eigenvalue weighted by Gasteiger charge is 2.34. The lowest BCUT2D eigenvalue weighted by Gasteiger charge is -2.25. The maximum atomic E-state index is 12.8. The average molecular weight is 477 g/mol. The fourth-order valence-electron chi connectivity index (χ4n) is 3.84. The minimum Gasteiger partial charge on any atom is -0.497 e. The summed E-state index contributed by atoms with van der Waals surface area (Å²) >= 11 is 1.60. The Labute approximate surface area is 204 Å². The van der Waals surface area contributed by atoms with Crippen LogP contribution in [0.3, 0.4) is 0 Å². The fourth-order valence-corrected chi connectivity index (χ4v) is 5.02. The Morgan fingerprint density at radius 1 is 0.971 bits per heavy atom. The van der Waals surface area contributed by atoms with Gasteiger partial charge in [0.15, 0.2) is 0 Å². The summed E-state index contributed by atoms with van der Waals surface area (Å²) in [6.45, 7) is 4.31. The molecule has 1 atom stereocenters. The van der Waals surface area contributed by atoms with Crippen LogP contribution in [-0.4, -0.2) is 31.8 Å². The van der Waals surface area contributed by atoms with E-state index in [9.17, 15) is 9.59 Å². The van der Waals surface area contributed by atoms with Crippen molar-refractivity contribution in [3.63, 3.8) is 0 Å². The van der Waals surface area contributed by atoms with Crippen LogP contribution in [0.25, 0.3) is 0 Å². The molecule has 1 fully saturated rings. The minimum absolute atomic E-state index is 0.0941. The number of hydrogen-bond donors (Lipinski definition) is 1. The van der Waals surface area contributed by atoms with Crippen molar-refractivity contribution in [3.05, 3.63) is 83.4 Å². The Bertz CT molecular complexity index is 1150. The second-order valence-electron chi connectivity index (χ2n) is 8.35. The molecule has 0 bridgehead atoms. The molecule has 0 aromatic heterocycles. The first kappa shape index (κ1) is 23.7. The number of methoxy groups -OCH3 is 2. The zero-order chi connectivity index (χ0) is 24.2. The van der Waals surface area contributed by atoms with Crippen LogP contribution < -0.4 is 19.7 Å². The molecule has 3 aromatic rings. The third kappa shape index (κ3) is 5.04. The SMILES string of the molecule is COc1cc(OC)cc(C(=O)Nc2ccc(C3SCC(=O)N3c3ccc(C(C)C)cc3)cc2)c1. The predicted octanol–water partition coefficient (Wildman–Crippen LogP) is 5.86.